The Balaban J connectivity index is 2.15. The number of ether oxygens (including phenoxy) is 1. The summed E-state index contributed by atoms with van der Waals surface area (Å²) in [7, 11) is 1.37. The summed E-state index contributed by atoms with van der Waals surface area (Å²) < 4.78 is 6.45. The second-order valence-corrected chi connectivity index (χ2v) is 5.12. The maximum atomic E-state index is 12.0. The number of carbonyl (C=O) groups is 1. The van der Waals surface area contributed by atoms with Gasteiger partial charge in [-0.1, -0.05) is 11.2 Å². The third kappa shape index (κ3) is 1.84. The van der Waals surface area contributed by atoms with Gasteiger partial charge in [-0.2, -0.15) is 0 Å². The van der Waals surface area contributed by atoms with Crippen molar-refractivity contribution >= 4 is 29.0 Å². The average molecular weight is 277 g/mol. The van der Waals surface area contributed by atoms with Crippen molar-refractivity contribution < 1.29 is 9.53 Å². The van der Waals surface area contributed by atoms with Gasteiger partial charge in [-0.25, -0.2) is 9.67 Å². The molecular weight excluding hydrogens is 266 g/mol. The monoisotopic (exact) mass is 277 g/mol. The molecule has 98 valence electrons. The maximum Gasteiger partial charge on any atom is 0.316 e. The molecule has 0 aliphatic carbocycles. The van der Waals surface area contributed by atoms with Crippen LogP contribution in [0.5, 0.6) is 0 Å². The first-order valence-electron chi connectivity index (χ1n) is 5.66. The molecule has 1 aliphatic rings. The number of fused-ring (bicyclic) bond motifs is 1. The predicted octanol–water partition coefficient (Wildman–Crippen LogP) is 1.22. The van der Waals surface area contributed by atoms with Gasteiger partial charge < -0.3 is 4.74 Å². The van der Waals surface area contributed by atoms with Crippen LogP contribution in [-0.2, 0) is 9.53 Å². The Kier molecular flexibility index (Phi) is 2.86. The van der Waals surface area contributed by atoms with Crippen molar-refractivity contribution in [2.75, 3.05) is 7.11 Å². The molecule has 19 heavy (non-hydrogen) atoms. The van der Waals surface area contributed by atoms with Crippen LogP contribution < -0.4 is 0 Å². The molecule has 3 heterocycles. The van der Waals surface area contributed by atoms with E-state index in [2.05, 4.69) is 20.5 Å². The van der Waals surface area contributed by atoms with E-state index in [0.717, 1.165) is 4.88 Å². The van der Waals surface area contributed by atoms with Crippen molar-refractivity contribution in [1.29, 1.82) is 0 Å². The Morgan fingerprint density at radius 3 is 3.05 bits per heavy atom. The first-order chi connectivity index (χ1) is 9.22. The van der Waals surface area contributed by atoms with Gasteiger partial charge in [0.05, 0.1) is 7.11 Å². The number of hydrogen-bond acceptors (Lipinski definition) is 7. The van der Waals surface area contributed by atoms with Gasteiger partial charge in [0.15, 0.2) is 0 Å². The van der Waals surface area contributed by atoms with Crippen LogP contribution in [0.2, 0.25) is 0 Å². The Morgan fingerprint density at radius 1 is 1.53 bits per heavy atom. The summed E-state index contributed by atoms with van der Waals surface area (Å²) in [4.78, 5) is 17.3. The Labute approximate surface area is 112 Å². The number of esters is 1. The SMILES string of the molecule is COC(=O)C1C(C)=Nc2nnnn2C1c1cccs1. The van der Waals surface area contributed by atoms with E-state index in [-0.39, 0.29) is 12.0 Å². The van der Waals surface area contributed by atoms with E-state index >= 15 is 0 Å². The van der Waals surface area contributed by atoms with E-state index in [9.17, 15) is 4.79 Å². The molecule has 8 heteroatoms. The lowest BCUT2D eigenvalue weighted by Crippen LogP contribution is -2.36. The molecule has 0 radical (unpaired) electrons. The molecule has 0 amide bonds. The molecule has 0 spiro atoms. The first kappa shape index (κ1) is 12.0. The molecule has 0 saturated heterocycles. The topological polar surface area (TPSA) is 82.3 Å². The lowest BCUT2D eigenvalue weighted by molar-refractivity contribution is -0.144. The number of hydrogen-bond donors (Lipinski definition) is 0. The molecule has 0 saturated carbocycles. The molecule has 7 nitrogen and oxygen atoms in total. The molecule has 0 N–H and O–H groups in total. The quantitative estimate of drug-likeness (QED) is 0.771. The molecule has 2 aromatic heterocycles. The van der Waals surface area contributed by atoms with Gasteiger partial charge in [-0.15, -0.1) is 11.3 Å². The minimum atomic E-state index is -0.500. The van der Waals surface area contributed by atoms with E-state index < -0.39 is 5.92 Å². The summed E-state index contributed by atoms with van der Waals surface area (Å²) in [6, 6.07) is 3.59. The van der Waals surface area contributed by atoms with Gasteiger partial charge in [0.25, 0.3) is 5.95 Å². The minimum Gasteiger partial charge on any atom is -0.468 e. The van der Waals surface area contributed by atoms with Crippen molar-refractivity contribution in [3.8, 4) is 0 Å². The summed E-state index contributed by atoms with van der Waals surface area (Å²) >= 11 is 1.55. The number of aliphatic imine (C=N–C) groups is 1. The number of methoxy groups -OCH3 is 1. The fourth-order valence-electron chi connectivity index (χ4n) is 2.21. The zero-order valence-electron chi connectivity index (χ0n) is 10.3. The van der Waals surface area contributed by atoms with Gasteiger partial charge in [0, 0.05) is 10.6 Å². The standard InChI is InChI=1S/C11H11N5O2S/c1-6-8(10(17)18-2)9(7-4-3-5-19-7)16-11(12-6)13-14-15-16/h3-5,8-9H,1-2H3. The van der Waals surface area contributed by atoms with Gasteiger partial charge in [-0.05, 0) is 28.8 Å². The number of aromatic nitrogens is 4. The van der Waals surface area contributed by atoms with Crippen LogP contribution >= 0.6 is 11.3 Å². The molecule has 1 aliphatic heterocycles. The molecule has 0 fully saturated rings. The molecule has 3 rings (SSSR count). The highest BCUT2D eigenvalue weighted by Gasteiger charge is 2.40. The number of carbonyl (C=O) groups excluding carboxylic acids is 1. The largest absolute Gasteiger partial charge is 0.468 e. The third-order valence-corrected chi connectivity index (χ3v) is 4.01. The van der Waals surface area contributed by atoms with Crippen LogP contribution in [0.3, 0.4) is 0 Å². The summed E-state index contributed by atoms with van der Waals surface area (Å²) in [5.41, 5.74) is 0.660. The predicted molar refractivity (Wildman–Crippen MR) is 68.6 cm³/mol. The summed E-state index contributed by atoms with van der Waals surface area (Å²) in [6.07, 6.45) is 0. The van der Waals surface area contributed by atoms with Gasteiger partial charge in [-0.3, -0.25) is 4.79 Å². The maximum absolute atomic E-state index is 12.0. The average Bonchev–Trinajstić information content (AvgIpc) is 3.06. The van der Waals surface area contributed by atoms with Crippen LogP contribution in [0, 0.1) is 5.92 Å². The van der Waals surface area contributed by atoms with Crippen LogP contribution in [0.4, 0.5) is 5.95 Å². The number of tetrazole rings is 1. The zero-order chi connectivity index (χ0) is 13.4. The Morgan fingerprint density at radius 2 is 2.37 bits per heavy atom. The van der Waals surface area contributed by atoms with Crippen LogP contribution in [0.25, 0.3) is 0 Å². The van der Waals surface area contributed by atoms with Crippen molar-refractivity contribution in [3.05, 3.63) is 22.4 Å². The molecule has 2 unspecified atom stereocenters. The lowest BCUT2D eigenvalue weighted by Gasteiger charge is -2.27. The van der Waals surface area contributed by atoms with Crippen molar-refractivity contribution in [1.82, 2.24) is 20.2 Å². The number of nitrogens with zero attached hydrogens (tertiary/aromatic N) is 5. The van der Waals surface area contributed by atoms with E-state index in [1.807, 2.05) is 17.5 Å². The van der Waals surface area contributed by atoms with Gasteiger partial charge in [0.1, 0.15) is 12.0 Å². The fraction of sp³-hybridized carbons (Fsp3) is 0.364. The molecular formula is C11H11N5O2S. The van der Waals surface area contributed by atoms with E-state index in [1.165, 1.54) is 7.11 Å². The Hall–Kier alpha value is -2.09. The van der Waals surface area contributed by atoms with Crippen molar-refractivity contribution in [2.45, 2.75) is 13.0 Å². The summed E-state index contributed by atoms with van der Waals surface area (Å²) in [5, 5.41) is 13.4. The van der Waals surface area contributed by atoms with E-state index in [0.29, 0.717) is 11.7 Å². The Bertz CT molecular complexity index is 633. The third-order valence-electron chi connectivity index (χ3n) is 3.07. The zero-order valence-corrected chi connectivity index (χ0v) is 11.2. The molecule has 0 aromatic carbocycles. The second kappa shape index (κ2) is 4.54. The highest BCUT2D eigenvalue weighted by Crippen LogP contribution is 2.36. The van der Waals surface area contributed by atoms with Crippen LogP contribution in [0.1, 0.15) is 17.8 Å². The van der Waals surface area contributed by atoms with E-state index in [1.54, 1.807) is 22.9 Å². The van der Waals surface area contributed by atoms with Gasteiger partial charge >= 0.3 is 5.97 Å². The second-order valence-electron chi connectivity index (χ2n) is 4.14. The normalized spacial score (nSPS) is 21.7. The molecule has 2 aromatic rings. The number of rotatable bonds is 2. The number of thiophene rings is 1. The molecule has 0 bridgehead atoms. The minimum absolute atomic E-state index is 0.296. The van der Waals surface area contributed by atoms with Crippen LogP contribution in [0.15, 0.2) is 22.5 Å². The highest BCUT2D eigenvalue weighted by atomic mass is 32.1. The summed E-state index contributed by atoms with van der Waals surface area (Å²) in [6.45, 7) is 1.79. The van der Waals surface area contributed by atoms with Crippen LogP contribution in [-0.4, -0.2) is 39.0 Å². The lowest BCUT2D eigenvalue weighted by atomic mass is 9.93. The fourth-order valence-corrected chi connectivity index (χ4v) is 3.06. The molecule has 2 atom stereocenters. The highest BCUT2D eigenvalue weighted by molar-refractivity contribution is 7.10. The van der Waals surface area contributed by atoms with Crippen molar-refractivity contribution in [2.24, 2.45) is 10.9 Å². The first-order valence-corrected chi connectivity index (χ1v) is 6.54. The van der Waals surface area contributed by atoms with E-state index in [4.69, 9.17) is 4.74 Å². The van der Waals surface area contributed by atoms with Gasteiger partial charge in [0.2, 0.25) is 0 Å². The van der Waals surface area contributed by atoms with Crippen molar-refractivity contribution in [3.63, 3.8) is 0 Å². The smallest absolute Gasteiger partial charge is 0.316 e. The summed E-state index contributed by atoms with van der Waals surface area (Å²) in [5.74, 6) is -0.420.